The molecule has 0 saturated carbocycles. The zero-order chi connectivity index (χ0) is 26.4. The lowest BCUT2D eigenvalue weighted by Crippen LogP contribution is -2.39. The number of Topliss-reactive ketones (excluding diaryl/α,β-unsaturated/α-hetero) is 1. The van der Waals surface area contributed by atoms with Crippen LogP contribution in [0.4, 0.5) is 16.2 Å². The molecule has 37 heavy (non-hydrogen) atoms. The lowest BCUT2D eigenvalue weighted by molar-refractivity contribution is -0.135. The van der Waals surface area contributed by atoms with Crippen LogP contribution in [0.25, 0.3) is 0 Å². The number of amides is 2. The highest BCUT2D eigenvalue weighted by atomic mass is 35.5. The number of para-hydroxylation sites is 1. The Bertz CT molecular complexity index is 1300. The molecule has 9 nitrogen and oxygen atoms in total. The van der Waals surface area contributed by atoms with Gasteiger partial charge in [0.05, 0.1) is 29.1 Å². The number of methoxy groups -OCH3 is 1. The molecule has 10 heteroatoms. The van der Waals surface area contributed by atoms with E-state index in [4.69, 9.17) is 26.3 Å². The van der Waals surface area contributed by atoms with Crippen molar-refractivity contribution in [3.8, 4) is 11.5 Å². The number of ether oxygens (including phenoxy) is 1. The van der Waals surface area contributed by atoms with Gasteiger partial charge in [-0.3, -0.25) is 4.79 Å². The zero-order valence-corrected chi connectivity index (χ0v) is 20.8. The van der Waals surface area contributed by atoms with Gasteiger partial charge in [-0.15, -0.1) is 5.06 Å². The molecule has 1 aliphatic rings. The van der Waals surface area contributed by atoms with E-state index in [-0.39, 0.29) is 17.8 Å². The molecule has 4 rings (SSSR count). The van der Waals surface area contributed by atoms with Crippen LogP contribution < -0.4 is 20.2 Å². The van der Waals surface area contributed by atoms with E-state index >= 15 is 0 Å². The molecular weight excluding hydrogens is 498 g/mol. The van der Waals surface area contributed by atoms with Crippen molar-refractivity contribution in [3.63, 3.8) is 0 Å². The number of nitrogens with one attached hydrogen (secondary N) is 2. The minimum absolute atomic E-state index is 0.0149. The number of hydroxylamine groups is 2. The third kappa shape index (κ3) is 6.58. The minimum atomic E-state index is -1.02. The Labute approximate surface area is 218 Å². The Morgan fingerprint density at radius 1 is 1.03 bits per heavy atom. The van der Waals surface area contributed by atoms with Gasteiger partial charge in [0.15, 0.2) is 5.78 Å². The van der Waals surface area contributed by atoms with Crippen molar-refractivity contribution in [2.24, 2.45) is 0 Å². The van der Waals surface area contributed by atoms with Gasteiger partial charge < -0.3 is 25.3 Å². The summed E-state index contributed by atoms with van der Waals surface area (Å²) in [5.74, 6) is -0.146. The van der Waals surface area contributed by atoms with E-state index in [9.17, 15) is 14.4 Å². The number of urea groups is 1. The Hall–Kier alpha value is -4.08. The van der Waals surface area contributed by atoms with Crippen LogP contribution >= 0.6 is 11.6 Å². The average molecular weight is 524 g/mol. The van der Waals surface area contributed by atoms with Gasteiger partial charge in [0.2, 0.25) is 0 Å². The van der Waals surface area contributed by atoms with Crippen LogP contribution in [0, 0.1) is 0 Å². The first-order chi connectivity index (χ1) is 17.8. The largest absolute Gasteiger partial charge is 0.495 e. The molecule has 0 bridgehead atoms. The molecule has 0 unspecified atom stereocenters. The van der Waals surface area contributed by atoms with Gasteiger partial charge in [0.25, 0.3) is 0 Å². The number of hydrogen-bond acceptors (Lipinski definition) is 6. The standard InChI is InChI=1S/C27H26ClN3O6/c1-36-25-16-17(8-13-22(25)30-27(35)29-21-6-3-2-5-20(21)28)15-24(32)23-7-4-14-31(23)37-19-11-9-18(10-12-19)26(33)34/h2-3,5-6,8-13,16,23H,4,7,14-15H2,1H3,(H,33,34)(H2,29,30,35)/t23-/m1/s1. The molecule has 192 valence electrons. The van der Waals surface area contributed by atoms with Gasteiger partial charge in [-0.1, -0.05) is 29.8 Å². The van der Waals surface area contributed by atoms with Crippen molar-refractivity contribution in [2.45, 2.75) is 25.3 Å². The summed E-state index contributed by atoms with van der Waals surface area (Å²) < 4.78 is 5.44. The molecule has 1 saturated heterocycles. The predicted octanol–water partition coefficient (Wildman–Crippen LogP) is 5.26. The van der Waals surface area contributed by atoms with E-state index in [1.54, 1.807) is 59.7 Å². The van der Waals surface area contributed by atoms with E-state index in [1.807, 2.05) is 0 Å². The molecule has 0 aromatic heterocycles. The number of nitrogens with zero attached hydrogens (tertiary/aromatic N) is 1. The van der Waals surface area contributed by atoms with Gasteiger partial charge in [0, 0.05) is 13.0 Å². The fourth-order valence-corrected chi connectivity index (χ4v) is 4.25. The lowest BCUT2D eigenvalue weighted by atomic mass is 10.0. The molecule has 3 aromatic rings. The van der Waals surface area contributed by atoms with Gasteiger partial charge in [-0.2, -0.15) is 0 Å². The van der Waals surface area contributed by atoms with Crippen molar-refractivity contribution in [1.29, 1.82) is 0 Å². The van der Waals surface area contributed by atoms with E-state index in [0.29, 0.717) is 40.9 Å². The molecule has 0 radical (unpaired) electrons. The molecule has 0 spiro atoms. The first-order valence-electron chi connectivity index (χ1n) is 11.6. The molecular formula is C27H26ClN3O6. The van der Waals surface area contributed by atoms with E-state index in [2.05, 4.69) is 10.6 Å². The maximum atomic E-state index is 13.1. The number of carbonyl (C=O) groups excluding carboxylic acids is 2. The van der Waals surface area contributed by atoms with Crippen LogP contribution in [0.5, 0.6) is 11.5 Å². The van der Waals surface area contributed by atoms with Crippen molar-refractivity contribution in [1.82, 2.24) is 5.06 Å². The normalized spacial score (nSPS) is 15.1. The smallest absolute Gasteiger partial charge is 0.335 e. The number of carbonyl (C=O) groups is 3. The number of halogens is 1. The summed E-state index contributed by atoms with van der Waals surface area (Å²) >= 11 is 6.09. The number of hydrogen-bond donors (Lipinski definition) is 3. The summed E-state index contributed by atoms with van der Waals surface area (Å²) in [5, 5.41) is 16.5. The second-order valence-corrected chi connectivity index (χ2v) is 8.86. The Kier molecular flexibility index (Phi) is 8.27. The van der Waals surface area contributed by atoms with Gasteiger partial charge in [-0.25, -0.2) is 9.59 Å². The van der Waals surface area contributed by atoms with E-state index < -0.39 is 18.0 Å². The summed E-state index contributed by atoms with van der Waals surface area (Å²) in [6.45, 7) is 0.587. The topological polar surface area (TPSA) is 117 Å². The Morgan fingerprint density at radius 2 is 1.76 bits per heavy atom. The van der Waals surface area contributed by atoms with Crippen LogP contribution in [0.15, 0.2) is 66.7 Å². The Morgan fingerprint density at radius 3 is 2.46 bits per heavy atom. The summed E-state index contributed by atoms with van der Waals surface area (Å²) in [6, 6.07) is 17.2. The number of aromatic carboxylic acids is 1. The highest BCUT2D eigenvalue weighted by Crippen LogP contribution is 2.28. The van der Waals surface area contributed by atoms with Crippen LogP contribution in [0.2, 0.25) is 5.02 Å². The fourth-order valence-electron chi connectivity index (χ4n) is 4.07. The molecule has 3 N–H and O–H groups in total. The molecule has 1 fully saturated rings. The summed E-state index contributed by atoms with van der Waals surface area (Å²) in [6.07, 6.45) is 1.62. The number of anilines is 2. The second-order valence-electron chi connectivity index (χ2n) is 8.46. The fraction of sp³-hybridized carbons (Fsp3) is 0.222. The van der Waals surface area contributed by atoms with Gasteiger partial charge >= 0.3 is 12.0 Å². The first kappa shape index (κ1) is 26.0. The second kappa shape index (κ2) is 11.8. The molecule has 1 aliphatic heterocycles. The van der Waals surface area contributed by atoms with Gasteiger partial charge in [-0.05, 0) is 66.9 Å². The van der Waals surface area contributed by atoms with E-state index in [1.165, 1.54) is 19.2 Å². The van der Waals surface area contributed by atoms with Crippen LogP contribution in [0.1, 0.15) is 28.8 Å². The van der Waals surface area contributed by atoms with Crippen molar-refractivity contribution < 1.29 is 29.1 Å². The van der Waals surface area contributed by atoms with Crippen molar-refractivity contribution in [2.75, 3.05) is 24.3 Å². The Balaban J connectivity index is 1.38. The number of carboxylic acid groups (broad SMARTS) is 1. The average Bonchev–Trinajstić information content (AvgIpc) is 3.35. The van der Waals surface area contributed by atoms with Gasteiger partial charge in [0.1, 0.15) is 17.5 Å². The molecule has 1 atom stereocenters. The number of rotatable bonds is 9. The zero-order valence-electron chi connectivity index (χ0n) is 20.1. The number of ketones is 1. The first-order valence-corrected chi connectivity index (χ1v) is 12.0. The summed E-state index contributed by atoms with van der Waals surface area (Å²) in [4.78, 5) is 42.5. The lowest BCUT2D eigenvalue weighted by Gasteiger charge is -2.23. The maximum Gasteiger partial charge on any atom is 0.335 e. The van der Waals surface area contributed by atoms with Crippen molar-refractivity contribution in [3.05, 3.63) is 82.9 Å². The summed E-state index contributed by atoms with van der Waals surface area (Å²) in [5.41, 5.74) is 1.81. The van der Waals surface area contributed by atoms with Crippen LogP contribution in [-0.2, 0) is 11.2 Å². The minimum Gasteiger partial charge on any atom is -0.495 e. The third-order valence-corrected chi connectivity index (χ3v) is 6.24. The molecule has 0 aliphatic carbocycles. The highest BCUT2D eigenvalue weighted by molar-refractivity contribution is 6.33. The van der Waals surface area contributed by atoms with Crippen LogP contribution in [-0.4, -0.2) is 47.6 Å². The third-order valence-electron chi connectivity index (χ3n) is 5.91. The SMILES string of the molecule is COc1cc(CC(=O)[C@H]2CCCN2Oc2ccc(C(=O)O)cc2)ccc1NC(=O)Nc1ccccc1Cl. The van der Waals surface area contributed by atoms with E-state index in [0.717, 1.165) is 12.0 Å². The maximum absolute atomic E-state index is 13.1. The molecule has 3 aromatic carbocycles. The highest BCUT2D eigenvalue weighted by Gasteiger charge is 2.32. The van der Waals surface area contributed by atoms with Crippen molar-refractivity contribution >= 4 is 40.8 Å². The number of benzene rings is 3. The molecule has 2 amide bonds. The monoisotopic (exact) mass is 523 g/mol. The predicted molar refractivity (Wildman–Crippen MR) is 140 cm³/mol. The van der Waals surface area contributed by atoms with Crippen LogP contribution in [0.3, 0.4) is 0 Å². The number of carboxylic acids is 1. The summed E-state index contributed by atoms with van der Waals surface area (Å²) in [7, 11) is 1.49. The quantitative estimate of drug-likeness (QED) is 0.350. The molecule has 1 heterocycles.